The van der Waals surface area contributed by atoms with Crippen molar-refractivity contribution in [1.82, 2.24) is 4.72 Å². The number of carbonyl (C=O) groups is 2. The molecule has 0 radical (unpaired) electrons. The highest BCUT2D eigenvalue weighted by Crippen LogP contribution is 2.18. The monoisotopic (exact) mass is 360 g/mol. The first-order valence-electron chi connectivity index (χ1n) is 7.00. The van der Waals surface area contributed by atoms with E-state index in [-0.39, 0.29) is 17.4 Å². The van der Waals surface area contributed by atoms with E-state index < -0.39 is 27.8 Å². The van der Waals surface area contributed by atoms with Crippen molar-refractivity contribution in [3.63, 3.8) is 0 Å². The Morgan fingerprint density at radius 1 is 1.39 bits per heavy atom. The summed E-state index contributed by atoms with van der Waals surface area (Å²) in [7, 11) is -3.55. The van der Waals surface area contributed by atoms with Crippen molar-refractivity contribution in [1.29, 1.82) is 0 Å². The highest BCUT2D eigenvalue weighted by molar-refractivity contribution is 7.92. The Morgan fingerprint density at radius 3 is 2.57 bits per heavy atom. The number of hydrogen-bond donors (Lipinski definition) is 3. The van der Waals surface area contributed by atoms with Crippen LogP contribution in [0.25, 0.3) is 0 Å². The Bertz CT molecular complexity index is 699. The topological polar surface area (TPSA) is 128 Å². The Labute approximate surface area is 141 Å². The lowest BCUT2D eigenvalue weighted by Gasteiger charge is -2.14. The molecule has 1 unspecified atom stereocenters. The average molecular weight is 361 g/mol. The van der Waals surface area contributed by atoms with E-state index in [0.29, 0.717) is 11.4 Å². The Kier molecular flexibility index (Phi) is 7.14. The van der Waals surface area contributed by atoms with E-state index in [1.165, 1.54) is 12.1 Å². The van der Waals surface area contributed by atoms with Crippen LogP contribution in [0.1, 0.15) is 20.3 Å². The van der Waals surface area contributed by atoms with Gasteiger partial charge in [0.2, 0.25) is 5.91 Å². The van der Waals surface area contributed by atoms with Gasteiger partial charge in [0.25, 0.3) is 5.91 Å². The van der Waals surface area contributed by atoms with E-state index in [4.69, 9.17) is 23.1 Å². The van der Waals surface area contributed by atoms with Crippen molar-refractivity contribution in [3.8, 4) is 0 Å². The molecule has 7 nitrogen and oxygen atoms in total. The molecule has 23 heavy (non-hydrogen) atoms. The van der Waals surface area contributed by atoms with Crippen LogP contribution in [0.15, 0.2) is 33.5 Å². The van der Waals surface area contributed by atoms with Crippen LogP contribution < -0.4 is 16.2 Å². The minimum absolute atomic E-state index is 0.108. The van der Waals surface area contributed by atoms with Gasteiger partial charge in [0.15, 0.2) is 9.92 Å². The molecule has 0 aliphatic rings. The highest BCUT2D eigenvalue weighted by Gasteiger charge is 2.21. The molecule has 0 spiro atoms. The van der Waals surface area contributed by atoms with Gasteiger partial charge in [-0.2, -0.15) is 0 Å². The van der Waals surface area contributed by atoms with Gasteiger partial charge in [-0.1, -0.05) is 31.5 Å². The van der Waals surface area contributed by atoms with Crippen molar-refractivity contribution in [2.24, 2.45) is 21.7 Å². The molecule has 0 bridgehead atoms. The van der Waals surface area contributed by atoms with Crippen LogP contribution in [0.4, 0.5) is 0 Å². The molecule has 0 saturated carbocycles. The highest BCUT2D eigenvalue weighted by atomic mass is 35.5. The fourth-order valence-corrected chi connectivity index (χ4v) is 3.63. The predicted octanol–water partition coefficient (Wildman–Crippen LogP) is 1.06. The zero-order valence-corrected chi connectivity index (χ0v) is 14.6. The third-order valence-electron chi connectivity index (χ3n) is 2.81. The summed E-state index contributed by atoms with van der Waals surface area (Å²) >= 11 is 5.88. The summed E-state index contributed by atoms with van der Waals surface area (Å²) in [6.07, 6.45) is 0.387. The first kappa shape index (κ1) is 19.6. The molecule has 0 aliphatic heterocycles. The van der Waals surface area contributed by atoms with Gasteiger partial charge in [-0.05, 0) is 30.5 Å². The lowest BCUT2D eigenvalue weighted by molar-refractivity contribution is -0.119. The molecule has 0 aromatic heterocycles. The molecule has 0 saturated heterocycles. The molecule has 1 rings (SSSR count). The van der Waals surface area contributed by atoms with Gasteiger partial charge in [-0.25, -0.2) is 4.21 Å². The molecule has 128 valence electrons. The Balaban J connectivity index is 3.29. The van der Waals surface area contributed by atoms with Gasteiger partial charge in [0, 0.05) is 5.02 Å². The second kappa shape index (κ2) is 8.39. The van der Waals surface area contributed by atoms with Gasteiger partial charge in [-0.15, -0.1) is 4.36 Å². The number of halogens is 1. The second-order valence-corrected chi connectivity index (χ2v) is 7.72. The number of nitrogens with two attached hydrogens (primary N) is 2. The van der Waals surface area contributed by atoms with Crippen molar-refractivity contribution in [2.75, 3.05) is 6.54 Å². The number of rotatable bonds is 6. The van der Waals surface area contributed by atoms with Gasteiger partial charge in [-0.3, -0.25) is 14.3 Å². The van der Waals surface area contributed by atoms with E-state index in [0.717, 1.165) is 0 Å². The molecule has 2 atom stereocenters. The maximum atomic E-state index is 13.0. The van der Waals surface area contributed by atoms with Crippen molar-refractivity contribution >= 4 is 33.3 Å². The number of nitrogens with zero attached hydrogens (tertiary/aromatic N) is 1. The zero-order valence-electron chi connectivity index (χ0n) is 13.0. The van der Waals surface area contributed by atoms with E-state index in [1.807, 2.05) is 13.8 Å². The van der Waals surface area contributed by atoms with E-state index in [1.54, 1.807) is 12.1 Å². The van der Waals surface area contributed by atoms with Crippen LogP contribution >= 0.6 is 11.6 Å². The third-order valence-corrected chi connectivity index (χ3v) is 4.88. The molecule has 0 heterocycles. The summed E-state index contributed by atoms with van der Waals surface area (Å²) in [5.41, 5.74) is 11.0. The average Bonchev–Trinajstić information content (AvgIpc) is 2.46. The first-order chi connectivity index (χ1) is 10.7. The second-order valence-electron chi connectivity index (χ2n) is 5.38. The van der Waals surface area contributed by atoms with Crippen LogP contribution in [0.5, 0.6) is 0 Å². The normalized spacial score (nSPS) is 14.9. The minimum Gasteiger partial charge on any atom is -0.322 e. The number of benzene rings is 1. The van der Waals surface area contributed by atoms with Gasteiger partial charge < -0.3 is 11.5 Å². The molecule has 1 aromatic rings. The maximum absolute atomic E-state index is 13.0. The van der Waals surface area contributed by atoms with Gasteiger partial charge in [0.05, 0.1) is 17.5 Å². The fourth-order valence-electron chi connectivity index (χ4n) is 1.77. The summed E-state index contributed by atoms with van der Waals surface area (Å²) < 4.78 is 18.9. The summed E-state index contributed by atoms with van der Waals surface area (Å²) in [5, 5.41) is 0.298. The number of carbonyl (C=O) groups excluding carboxylic acids is 2. The summed E-state index contributed by atoms with van der Waals surface area (Å²) in [6.45, 7) is 3.41. The smallest absolute Gasteiger partial charge is 0.272 e. The maximum Gasteiger partial charge on any atom is 0.272 e. The predicted molar refractivity (Wildman–Crippen MR) is 89.9 cm³/mol. The number of hydrogen-bond acceptors (Lipinski definition) is 5. The van der Waals surface area contributed by atoms with E-state index >= 15 is 0 Å². The zero-order chi connectivity index (χ0) is 17.6. The van der Waals surface area contributed by atoms with Crippen LogP contribution in [0.2, 0.25) is 5.02 Å². The third kappa shape index (κ3) is 5.91. The van der Waals surface area contributed by atoms with E-state index in [2.05, 4.69) is 9.08 Å². The largest absolute Gasteiger partial charge is 0.322 e. The van der Waals surface area contributed by atoms with E-state index in [9.17, 15) is 13.8 Å². The molecule has 9 heteroatoms. The summed E-state index contributed by atoms with van der Waals surface area (Å²) in [6, 6.07) is 5.04. The van der Waals surface area contributed by atoms with Crippen molar-refractivity contribution < 1.29 is 13.8 Å². The molecule has 0 aliphatic carbocycles. The quantitative estimate of drug-likeness (QED) is 0.698. The standard InChI is InChI=1S/C14H21ClN4O3S/c1-9(2)6-12(17)14(21)19-23(22,18-13(20)8-16)11-5-3-4-10(15)7-11/h3-5,7,9,12H,6,8,16-17H2,1-2H3,(H,18,19,20,21,22)/t12-,23?/m0/s1. The van der Waals surface area contributed by atoms with Crippen molar-refractivity contribution in [2.45, 2.75) is 31.2 Å². The molecule has 5 N–H and O–H groups in total. The lowest BCUT2D eigenvalue weighted by atomic mass is 10.0. The first-order valence-corrected chi connectivity index (χ1v) is 8.90. The number of amides is 2. The van der Waals surface area contributed by atoms with Crippen LogP contribution in [0.3, 0.4) is 0 Å². The van der Waals surface area contributed by atoms with Crippen LogP contribution in [-0.2, 0) is 19.5 Å². The van der Waals surface area contributed by atoms with Crippen LogP contribution in [-0.4, -0.2) is 28.6 Å². The molecular formula is C14H21ClN4O3S. The molecule has 0 fully saturated rings. The minimum atomic E-state index is -3.55. The van der Waals surface area contributed by atoms with Crippen LogP contribution in [0, 0.1) is 5.92 Å². The fraction of sp³-hybridized carbons (Fsp3) is 0.429. The molecular weight excluding hydrogens is 340 g/mol. The Morgan fingerprint density at radius 2 is 2.04 bits per heavy atom. The van der Waals surface area contributed by atoms with Gasteiger partial charge in [0.1, 0.15) is 0 Å². The number of nitrogens with one attached hydrogen (secondary N) is 1. The van der Waals surface area contributed by atoms with Crippen molar-refractivity contribution in [3.05, 3.63) is 29.3 Å². The molecule has 2 amide bonds. The lowest BCUT2D eigenvalue weighted by Crippen LogP contribution is -2.38. The SMILES string of the molecule is CC(C)C[C@H](N)C(=O)N=S(=O)(NC(=O)CN)c1cccc(Cl)c1. The molecule has 1 aromatic carbocycles. The summed E-state index contributed by atoms with van der Waals surface area (Å²) in [5.74, 6) is -1.28. The summed E-state index contributed by atoms with van der Waals surface area (Å²) in [4.78, 5) is 23.8. The van der Waals surface area contributed by atoms with Gasteiger partial charge >= 0.3 is 0 Å². The Hall–Kier alpha value is -1.48.